The topological polar surface area (TPSA) is 0 Å². The van der Waals surface area contributed by atoms with Crippen LogP contribution < -0.4 is 0 Å². The second kappa shape index (κ2) is 3.16. The molecular formula is C11H22. The smallest absolute Gasteiger partial charge is 0.0300 e. The van der Waals surface area contributed by atoms with E-state index in [-0.39, 0.29) is 0 Å². The Morgan fingerprint density at radius 2 is 1.91 bits per heavy atom. The molecule has 0 bridgehead atoms. The molecule has 0 heterocycles. The van der Waals surface area contributed by atoms with E-state index in [4.69, 9.17) is 0 Å². The Balaban J connectivity index is 2.55. The van der Waals surface area contributed by atoms with Crippen LogP contribution in [0.25, 0.3) is 0 Å². The van der Waals surface area contributed by atoms with Gasteiger partial charge in [-0.3, -0.25) is 0 Å². The molecule has 0 aliphatic heterocycles. The second-order valence-electron chi connectivity index (χ2n) is 4.79. The molecule has 0 saturated heterocycles. The van der Waals surface area contributed by atoms with Gasteiger partial charge in [0.2, 0.25) is 0 Å². The molecule has 0 aromatic carbocycles. The first-order chi connectivity index (χ1) is 5.09. The molecule has 2 unspecified atom stereocenters. The highest BCUT2D eigenvalue weighted by Crippen LogP contribution is 2.48. The molecule has 1 saturated carbocycles. The minimum atomic E-state index is 0.621. The van der Waals surface area contributed by atoms with Gasteiger partial charge >= 0.3 is 0 Å². The van der Waals surface area contributed by atoms with Crippen molar-refractivity contribution >= 4 is 0 Å². The largest absolute Gasteiger partial charge is 0.0654 e. The highest BCUT2D eigenvalue weighted by atomic mass is 14.4. The van der Waals surface area contributed by atoms with E-state index in [1.807, 2.05) is 0 Å². The molecule has 1 aliphatic rings. The summed E-state index contributed by atoms with van der Waals surface area (Å²) in [6.45, 7) is 9.62. The minimum Gasteiger partial charge on any atom is -0.0654 e. The van der Waals surface area contributed by atoms with Crippen molar-refractivity contribution in [3.63, 3.8) is 0 Å². The maximum Gasteiger partial charge on any atom is -0.0300 e. The van der Waals surface area contributed by atoms with Gasteiger partial charge in [0.1, 0.15) is 0 Å². The zero-order valence-corrected chi connectivity index (χ0v) is 8.48. The standard InChI is InChI=1S/C11H22/c1-5-6-10-8-7-9(2)11(10,3)4/h9-10H,5-8H2,1-4H3. The van der Waals surface area contributed by atoms with Crippen LogP contribution >= 0.6 is 0 Å². The fraction of sp³-hybridized carbons (Fsp3) is 1.00. The molecule has 1 fully saturated rings. The highest BCUT2D eigenvalue weighted by Gasteiger charge is 2.39. The Kier molecular flexibility index (Phi) is 2.61. The Morgan fingerprint density at radius 3 is 2.27 bits per heavy atom. The predicted molar refractivity (Wildman–Crippen MR) is 50.6 cm³/mol. The summed E-state index contributed by atoms with van der Waals surface area (Å²) in [5.74, 6) is 1.95. The molecule has 0 amide bonds. The summed E-state index contributed by atoms with van der Waals surface area (Å²) >= 11 is 0. The number of hydrogen-bond acceptors (Lipinski definition) is 0. The summed E-state index contributed by atoms with van der Waals surface area (Å²) in [6, 6.07) is 0. The Morgan fingerprint density at radius 1 is 1.27 bits per heavy atom. The lowest BCUT2D eigenvalue weighted by atomic mass is 9.75. The maximum atomic E-state index is 2.45. The number of hydrogen-bond donors (Lipinski definition) is 0. The first-order valence-electron chi connectivity index (χ1n) is 5.09. The van der Waals surface area contributed by atoms with E-state index in [0.29, 0.717) is 5.41 Å². The van der Waals surface area contributed by atoms with Gasteiger partial charge in [-0.1, -0.05) is 40.5 Å². The molecule has 1 rings (SSSR count). The Hall–Kier alpha value is 0. The fourth-order valence-corrected chi connectivity index (χ4v) is 2.46. The van der Waals surface area contributed by atoms with Gasteiger partial charge in [0.05, 0.1) is 0 Å². The average molecular weight is 154 g/mol. The van der Waals surface area contributed by atoms with E-state index < -0.39 is 0 Å². The van der Waals surface area contributed by atoms with Crippen LogP contribution in [0.1, 0.15) is 53.4 Å². The Bertz CT molecular complexity index is 122. The maximum absolute atomic E-state index is 2.45. The van der Waals surface area contributed by atoms with Gasteiger partial charge < -0.3 is 0 Å². The van der Waals surface area contributed by atoms with E-state index in [0.717, 1.165) is 11.8 Å². The molecule has 0 aromatic rings. The molecule has 0 radical (unpaired) electrons. The van der Waals surface area contributed by atoms with Gasteiger partial charge in [-0.25, -0.2) is 0 Å². The van der Waals surface area contributed by atoms with Crippen LogP contribution in [0.4, 0.5) is 0 Å². The monoisotopic (exact) mass is 154 g/mol. The SMILES string of the molecule is CCCC1CCC(C)C1(C)C. The molecule has 1 aliphatic carbocycles. The van der Waals surface area contributed by atoms with E-state index in [2.05, 4.69) is 27.7 Å². The molecule has 0 nitrogen and oxygen atoms in total. The lowest BCUT2D eigenvalue weighted by molar-refractivity contribution is 0.187. The van der Waals surface area contributed by atoms with Crippen LogP contribution in [0.3, 0.4) is 0 Å². The van der Waals surface area contributed by atoms with Gasteiger partial charge in [-0.15, -0.1) is 0 Å². The van der Waals surface area contributed by atoms with Crippen LogP contribution in [0.15, 0.2) is 0 Å². The summed E-state index contributed by atoms with van der Waals surface area (Å²) in [5, 5.41) is 0. The summed E-state index contributed by atoms with van der Waals surface area (Å²) in [5.41, 5.74) is 0.621. The number of rotatable bonds is 2. The van der Waals surface area contributed by atoms with Crippen molar-refractivity contribution in [2.45, 2.75) is 53.4 Å². The zero-order valence-electron chi connectivity index (χ0n) is 8.48. The first-order valence-corrected chi connectivity index (χ1v) is 5.09. The van der Waals surface area contributed by atoms with Gasteiger partial charge in [-0.2, -0.15) is 0 Å². The molecule has 11 heavy (non-hydrogen) atoms. The average Bonchev–Trinajstić information content (AvgIpc) is 2.16. The van der Waals surface area contributed by atoms with E-state index >= 15 is 0 Å². The van der Waals surface area contributed by atoms with E-state index in [1.54, 1.807) is 0 Å². The summed E-state index contributed by atoms with van der Waals surface area (Å²) in [4.78, 5) is 0. The highest BCUT2D eigenvalue weighted by molar-refractivity contribution is 4.89. The molecule has 0 spiro atoms. The van der Waals surface area contributed by atoms with Crippen LogP contribution in [0, 0.1) is 17.3 Å². The van der Waals surface area contributed by atoms with Crippen LogP contribution in [-0.4, -0.2) is 0 Å². The van der Waals surface area contributed by atoms with E-state index in [9.17, 15) is 0 Å². The van der Waals surface area contributed by atoms with Crippen molar-refractivity contribution in [3.05, 3.63) is 0 Å². The van der Waals surface area contributed by atoms with Crippen molar-refractivity contribution in [1.82, 2.24) is 0 Å². The third-order valence-corrected chi connectivity index (χ3v) is 3.91. The lowest BCUT2D eigenvalue weighted by Crippen LogP contribution is -2.23. The van der Waals surface area contributed by atoms with Crippen molar-refractivity contribution in [2.75, 3.05) is 0 Å². The first kappa shape index (κ1) is 9.09. The van der Waals surface area contributed by atoms with Crippen molar-refractivity contribution < 1.29 is 0 Å². The minimum absolute atomic E-state index is 0.621. The third-order valence-electron chi connectivity index (χ3n) is 3.91. The molecule has 2 atom stereocenters. The van der Waals surface area contributed by atoms with Crippen LogP contribution in [-0.2, 0) is 0 Å². The Labute approximate surface area is 71.4 Å². The summed E-state index contributed by atoms with van der Waals surface area (Å²) in [7, 11) is 0. The third kappa shape index (κ3) is 1.60. The second-order valence-corrected chi connectivity index (χ2v) is 4.79. The lowest BCUT2D eigenvalue weighted by Gasteiger charge is -2.31. The molecule has 0 heteroatoms. The fourth-order valence-electron chi connectivity index (χ4n) is 2.46. The summed E-state index contributed by atoms with van der Waals surface area (Å²) < 4.78 is 0. The molecule has 0 aromatic heterocycles. The van der Waals surface area contributed by atoms with Crippen molar-refractivity contribution in [3.8, 4) is 0 Å². The van der Waals surface area contributed by atoms with Crippen LogP contribution in [0.2, 0.25) is 0 Å². The molecule has 0 N–H and O–H groups in total. The van der Waals surface area contributed by atoms with Gasteiger partial charge in [0, 0.05) is 0 Å². The molecular weight excluding hydrogens is 132 g/mol. The van der Waals surface area contributed by atoms with Gasteiger partial charge in [0.15, 0.2) is 0 Å². The van der Waals surface area contributed by atoms with Gasteiger partial charge in [-0.05, 0) is 30.1 Å². The van der Waals surface area contributed by atoms with Crippen LogP contribution in [0.5, 0.6) is 0 Å². The molecule has 66 valence electrons. The quantitative estimate of drug-likeness (QED) is 0.566. The zero-order chi connectivity index (χ0) is 8.48. The normalized spacial score (nSPS) is 36.0. The summed E-state index contributed by atoms with van der Waals surface area (Å²) in [6.07, 6.45) is 5.73. The van der Waals surface area contributed by atoms with Crippen molar-refractivity contribution in [2.24, 2.45) is 17.3 Å². The van der Waals surface area contributed by atoms with E-state index in [1.165, 1.54) is 25.7 Å². The van der Waals surface area contributed by atoms with Gasteiger partial charge in [0.25, 0.3) is 0 Å². The predicted octanol–water partition coefficient (Wildman–Crippen LogP) is 3.86. The van der Waals surface area contributed by atoms with Crippen molar-refractivity contribution in [1.29, 1.82) is 0 Å².